The zero-order valence-corrected chi connectivity index (χ0v) is 13.2. The number of ether oxygens (including phenoxy) is 2. The van der Waals surface area contributed by atoms with Crippen LogP contribution in [0.1, 0.15) is 30.2 Å². The molecule has 3 rings (SSSR count). The fourth-order valence-electron chi connectivity index (χ4n) is 2.89. The van der Waals surface area contributed by atoms with E-state index in [0.29, 0.717) is 12.5 Å². The van der Waals surface area contributed by atoms with Crippen LogP contribution in [0.5, 0.6) is 5.88 Å². The summed E-state index contributed by atoms with van der Waals surface area (Å²) >= 11 is 0. The van der Waals surface area contributed by atoms with Crippen LogP contribution in [0.15, 0.2) is 18.3 Å². The van der Waals surface area contributed by atoms with Crippen molar-refractivity contribution in [1.82, 2.24) is 24.6 Å². The summed E-state index contributed by atoms with van der Waals surface area (Å²) in [4.78, 5) is 6.62. The first kappa shape index (κ1) is 14.9. The number of nitrogens with zero attached hydrogens (tertiary/aromatic N) is 5. The Kier molecular flexibility index (Phi) is 4.35. The second kappa shape index (κ2) is 6.41. The zero-order valence-electron chi connectivity index (χ0n) is 13.2. The fraction of sp³-hybridized carbons (Fsp3) is 0.533. The van der Waals surface area contributed by atoms with E-state index in [1.807, 2.05) is 12.1 Å². The highest BCUT2D eigenvalue weighted by Crippen LogP contribution is 2.27. The monoisotopic (exact) mass is 303 g/mol. The molecular weight excluding hydrogens is 282 g/mol. The average molecular weight is 303 g/mol. The molecule has 0 N–H and O–H groups in total. The first-order valence-corrected chi connectivity index (χ1v) is 7.37. The van der Waals surface area contributed by atoms with E-state index < -0.39 is 0 Å². The summed E-state index contributed by atoms with van der Waals surface area (Å²) < 4.78 is 12.7. The highest BCUT2D eigenvalue weighted by molar-refractivity contribution is 5.25. The van der Waals surface area contributed by atoms with Crippen molar-refractivity contribution in [2.75, 3.05) is 20.8 Å². The lowest BCUT2D eigenvalue weighted by molar-refractivity contribution is 0.142. The number of hydrogen-bond donors (Lipinski definition) is 0. The van der Waals surface area contributed by atoms with Gasteiger partial charge in [-0.25, -0.2) is 4.98 Å². The molecule has 2 aromatic rings. The lowest BCUT2D eigenvalue weighted by atomic mass is 10.1. The van der Waals surface area contributed by atoms with Crippen molar-refractivity contribution < 1.29 is 9.47 Å². The van der Waals surface area contributed by atoms with E-state index in [-0.39, 0.29) is 6.04 Å². The average Bonchev–Trinajstić information content (AvgIpc) is 2.95. The van der Waals surface area contributed by atoms with Gasteiger partial charge in [0.2, 0.25) is 5.88 Å². The topological polar surface area (TPSA) is 65.3 Å². The van der Waals surface area contributed by atoms with Crippen LogP contribution in [0.3, 0.4) is 0 Å². The first-order valence-electron chi connectivity index (χ1n) is 7.37. The van der Waals surface area contributed by atoms with Gasteiger partial charge in [-0.1, -0.05) is 6.07 Å². The van der Waals surface area contributed by atoms with Crippen LogP contribution in [0.2, 0.25) is 0 Å². The highest BCUT2D eigenvalue weighted by atomic mass is 16.5. The van der Waals surface area contributed by atoms with Crippen molar-refractivity contribution in [1.29, 1.82) is 0 Å². The van der Waals surface area contributed by atoms with Crippen LogP contribution in [0.4, 0.5) is 0 Å². The smallest absolute Gasteiger partial charge is 0.217 e. The zero-order chi connectivity index (χ0) is 15.5. The molecule has 2 aromatic heterocycles. The van der Waals surface area contributed by atoms with Gasteiger partial charge in [-0.05, 0) is 13.0 Å². The third-order valence-electron chi connectivity index (χ3n) is 4.08. The third-order valence-corrected chi connectivity index (χ3v) is 4.08. The lowest BCUT2D eigenvalue weighted by Crippen LogP contribution is -2.37. The molecule has 7 heteroatoms. The molecule has 1 aliphatic rings. The summed E-state index contributed by atoms with van der Waals surface area (Å²) in [6.45, 7) is 5.23. The molecular formula is C15H21N5O2. The second-order valence-corrected chi connectivity index (χ2v) is 5.38. The number of methoxy groups -OCH3 is 2. The summed E-state index contributed by atoms with van der Waals surface area (Å²) in [7, 11) is 3.33. The maximum Gasteiger partial charge on any atom is 0.217 e. The van der Waals surface area contributed by atoms with Gasteiger partial charge >= 0.3 is 0 Å². The molecule has 0 aromatic carbocycles. The normalized spacial score (nSPS) is 18.2. The Morgan fingerprint density at radius 2 is 2.14 bits per heavy atom. The maximum atomic E-state index is 5.34. The molecule has 0 saturated carbocycles. The van der Waals surface area contributed by atoms with Crippen LogP contribution < -0.4 is 4.74 Å². The molecule has 118 valence electrons. The van der Waals surface area contributed by atoms with Crippen LogP contribution in [-0.2, 0) is 24.4 Å². The van der Waals surface area contributed by atoms with Gasteiger partial charge < -0.3 is 14.0 Å². The van der Waals surface area contributed by atoms with E-state index in [4.69, 9.17) is 9.47 Å². The van der Waals surface area contributed by atoms with Gasteiger partial charge in [0.15, 0.2) is 5.82 Å². The van der Waals surface area contributed by atoms with Crippen molar-refractivity contribution in [3.63, 3.8) is 0 Å². The van der Waals surface area contributed by atoms with Gasteiger partial charge in [0.05, 0.1) is 13.2 Å². The second-order valence-electron chi connectivity index (χ2n) is 5.38. The fourth-order valence-corrected chi connectivity index (χ4v) is 2.89. The molecule has 1 aliphatic heterocycles. The Morgan fingerprint density at radius 1 is 1.27 bits per heavy atom. The predicted molar refractivity (Wildman–Crippen MR) is 80.3 cm³/mol. The molecule has 1 atom stereocenters. The van der Waals surface area contributed by atoms with Crippen LogP contribution in [0.25, 0.3) is 0 Å². The Labute approximate surface area is 129 Å². The summed E-state index contributed by atoms with van der Waals surface area (Å²) in [6.07, 6.45) is 1.75. The van der Waals surface area contributed by atoms with Crippen molar-refractivity contribution in [3.05, 3.63) is 35.5 Å². The van der Waals surface area contributed by atoms with Gasteiger partial charge in [0.25, 0.3) is 0 Å². The van der Waals surface area contributed by atoms with Crippen LogP contribution in [-0.4, -0.2) is 45.4 Å². The lowest BCUT2D eigenvalue weighted by Gasteiger charge is -2.33. The number of hydrogen-bond acceptors (Lipinski definition) is 6. The minimum absolute atomic E-state index is 0.191. The molecule has 0 amide bonds. The van der Waals surface area contributed by atoms with Gasteiger partial charge in [0.1, 0.15) is 12.4 Å². The summed E-state index contributed by atoms with van der Waals surface area (Å²) in [6, 6.07) is 4.18. The molecule has 0 spiro atoms. The van der Waals surface area contributed by atoms with Crippen molar-refractivity contribution in [2.45, 2.75) is 32.7 Å². The molecule has 0 fully saturated rings. The molecule has 3 heterocycles. The first-order chi connectivity index (χ1) is 10.7. The Bertz CT molecular complexity index is 643. The largest absolute Gasteiger partial charge is 0.481 e. The summed E-state index contributed by atoms with van der Waals surface area (Å²) in [5.74, 6) is 2.56. The van der Waals surface area contributed by atoms with Crippen molar-refractivity contribution in [3.8, 4) is 5.88 Å². The number of fused-ring (bicyclic) bond motifs is 1. The minimum atomic E-state index is 0.191. The van der Waals surface area contributed by atoms with E-state index in [1.54, 1.807) is 20.4 Å². The van der Waals surface area contributed by atoms with Gasteiger partial charge in [-0.15, -0.1) is 10.2 Å². The quantitative estimate of drug-likeness (QED) is 0.832. The summed E-state index contributed by atoms with van der Waals surface area (Å²) in [5.41, 5.74) is 1.09. The Hall–Kier alpha value is -1.99. The number of pyridine rings is 1. The maximum absolute atomic E-state index is 5.34. The molecule has 7 nitrogen and oxygen atoms in total. The van der Waals surface area contributed by atoms with Crippen molar-refractivity contribution in [2.24, 2.45) is 0 Å². The third kappa shape index (κ3) is 2.69. The van der Waals surface area contributed by atoms with E-state index in [1.165, 1.54) is 0 Å². The van der Waals surface area contributed by atoms with Crippen LogP contribution in [0, 0.1) is 0 Å². The Balaban J connectivity index is 1.79. The predicted octanol–water partition coefficient (Wildman–Crippen LogP) is 1.40. The molecule has 0 radical (unpaired) electrons. The van der Waals surface area contributed by atoms with E-state index in [9.17, 15) is 0 Å². The van der Waals surface area contributed by atoms with Gasteiger partial charge in [-0.3, -0.25) is 4.90 Å². The molecule has 22 heavy (non-hydrogen) atoms. The summed E-state index contributed by atoms with van der Waals surface area (Å²) in [5, 5.41) is 8.57. The molecule has 0 bridgehead atoms. The van der Waals surface area contributed by atoms with Crippen LogP contribution >= 0.6 is 0 Å². The van der Waals surface area contributed by atoms with E-state index in [0.717, 1.165) is 36.8 Å². The van der Waals surface area contributed by atoms with E-state index in [2.05, 4.69) is 31.6 Å². The Morgan fingerprint density at radius 3 is 2.91 bits per heavy atom. The number of aromatic nitrogens is 4. The van der Waals surface area contributed by atoms with Gasteiger partial charge in [-0.2, -0.15) is 0 Å². The van der Waals surface area contributed by atoms with Gasteiger partial charge in [0, 0.05) is 38.5 Å². The minimum Gasteiger partial charge on any atom is -0.481 e. The SMILES string of the molecule is COCc1nnc2n1CCN(Cc1cccnc1OC)C2C. The van der Waals surface area contributed by atoms with E-state index >= 15 is 0 Å². The molecule has 0 saturated heterocycles. The highest BCUT2D eigenvalue weighted by Gasteiger charge is 2.28. The van der Waals surface area contributed by atoms with Crippen molar-refractivity contribution >= 4 is 0 Å². The molecule has 1 unspecified atom stereocenters. The molecule has 0 aliphatic carbocycles. The standard InChI is InChI=1S/C15H21N5O2/c1-11-14-18-17-13(10-21-2)20(14)8-7-19(11)9-12-5-4-6-16-15(12)22-3/h4-6,11H,7-10H2,1-3H3. The number of rotatable bonds is 5.